The average molecular weight is 316 g/mol. The first-order chi connectivity index (χ1) is 11.0. The number of fused-ring (bicyclic) bond motifs is 1. The summed E-state index contributed by atoms with van der Waals surface area (Å²) in [5, 5.41) is 21.7. The van der Waals surface area contributed by atoms with Gasteiger partial charge in [0.1, 0.15) is 0 Å². The molecule has 2 heterocycles. The molecule has 0 saturated heterocycles. The number of nitrogens with zero attached hydrogens (tertiary/aromatic N) is 2. The number of methoxy groups -OCH3 is 1. The van der Waals surface area contributed by atoms with Crippen LogP contribution in [0.25, 0.3) is 16.8 Å². The fourth-order valence-electron chi connectivity index (χ4n) is 2.57. The van der Waals surface area contributed by atoms with Gasteiger partial charge in [-0.05, 0) is 18.6 Å². The fraction of sp³-hybridized carbons (Fsp3) is 0.133. The van der Waals surface area contributed by atoms with Gasteiger partial charge in [0, 0.05) is 23.6 Å². The number of rotatable bonds is 3. The number of aromatic hydroxyl groups is 1. The summed E-state index contributed by atoms with van der Waals surface area (Å²) in [6, 6.07) is 5.65. The zero-order valence-corrected chi connectivity index (χ0v) is 12.3. The Morgan fingerprint density at radius 1 is 1.39 bits per heavy atom. The molecule has 3 rings (SSSR count). The number of aromatic nitrogens is 1. The van der Waals surface area contributed by atoms with Gasteiger partial charge in [-0.1, -0.05) is 0 Å². The van der Waals surface area contributed by atoms with Crippen LogP contribution >= 0.6 is 0 Å². The van der Waals surface area contributed by atoms with Crippen molar-refractivity contribution in [2.75, 3.05) is 7.11 Å². The van der Waals surface area contributed by atoms with Crippen LogP contribution in [0.5, 0.6) is 11.5 Å². The Bertz CT molecular complexity index is 972. The molecular weight excluding hydrogens is 304 g/mol. The van der Waals surface area contributed by atoms with Crippen molar-refractivity contribution in [3.05, 3.63) is 56.6 Å². The summed E-state index contributed by atoms with van der Waals surface area (Å²) in [6.07, 6.45) is 1.37. The van der Waals surface area contributed by atoms with Crippen molar-refractivity contribution in [2.24, 2.45) is 0 Å². The third-order valence-corrected chi connectivity index (χ3v) is 3.53. The Morgan fingerprint density at radius 3 is 2.70 bits per heavy atom. The summed E-state index contributed by atoms with van der Waals surface area (Å²) in [5.74, 6) is -0.452. The lowest BCUT2D eigenvalue weighted by Gasteiger charge is -2.14. The van der Waals surface area contributed by atoms with Gasteiger partial charge in [-0.3, -0.25) is 14.9 Å². The van der Waals surface area contributed by atoms with Crippen molar-refractivity contribution in [1.82, 2.24) is 4.57 Å². The van der Waals surface area contributed by atoms with Crippen LogP contribution < -0.4 is 10.3 Å². The van der Waals surface area contributed by atoms with Gasteiger partial charge in [-0.15, -0.1) is 0 Å². The topological polar surface area (TPSA) is 108 Å². The maximum atomic E-state index is 12.6. The van der Waals surface area contributed by atoms with Crippen molar-refractivity contribution < 1.29 is 19.2 Å². The molecule has 0 spiro atoms. The average Bonchev–Trinajstić information content (AvgIpc) is 3.00. The third-order valence-electron chi connectivity index (χ3n) is 3.53. The van der Waals surface area contributed by atoms with E-state index in [0.29, 0.717) is 5.56 Å². The highest BCUT2D eigenvalue weighted by Gasteiger charge is 2.23. The Hall–Kier alpha value is -3.29. The Kier molecular flexibility index (Phi) is 3.29. The molecule has 0 fully saturated rings. The van der Waals surface area contributed by atoms with Crippen LogP contribution in [0.4, 0.5) is 5.69 Å². The fourth-order valence-corrected chi connectivity index (χ4v) is 2.57. The van der Waals surface area contributed by atoms with Gasteiger partial charge in [-0.2, -0.15) is 0 Å². The molecule has 8 nitrogen and oxygen atoms in total. The standard InChI is InChI=1S/C15H12N2O6/c1-8-6-9(17(20)21)7-10-12(8)13(18)14(22-2)15(19)16(10)11-4-3-5-23-11/h3-7,18H,1-2H3. The normalized spacial score (nSPS) is 10.9. The molecule has 0 unspecified atom stereocenters. The first kappa shape index (κ1) is 14.6. The minimum atomic E-state index is -0.674. The van der Waals surface area contributed by atoms with Gasteiger partial charge in [0.2, 0.25) is 11.6 Å². The van der Waals surface area contributed by atoms with E-state index in [1.807, 2.05) is 0 Å². The molecule has 0 amide bonds. The molecular formula is C15H12N2O6. The van der Waals surface area contributed by atoms with E-state index in [1.165, 1.54) is 31.6 Å². The summed E-state index contributed by atoms with van der Waals surface area (Å²) in [6.45, 7) is 1.60. The van der Waals surface area contributed by atoms with Crippen LogP contribution in [0.1, 0.15) is 5.56 Å². The quantitative estimate of drug-likeness (QED) is 0.587. The number of pyridine rings is 1. The van der Waals surface area contributed by atoms with Gasteiger partial charge in [0.05, 0.1) is 23.8 Å². The number of nitro benzene ring substituents is 1. The molecule has 0 aliphatic carbocycles. The molecule has 23 heavy (non-hydrogen) atoms. The monoisotopic (exact) mass is 316 g/mol. The van der Waals surface area contributed by atoms with Crippen LogP contribution in [0.15, 0.2) is 39.7 Å². The van der Waals surface area contributed by atoms with Crippen LogP contribution in [0.2, 0.25) is 0 Å². The van der Waals surface area contributed by atoms with E-state index in [1.54, 1.807) is 13.0 Å². The largest absolute Gasteiger partial charge is 0.504 e. The van der Waals surface area contributed by atoms with E-state index in [9.17, 15) is 20.0 Å². The molecule has 2 aromatic heterocycles. The smallest absolute Gasteiger partial charge is 0.304 e. The molecule has 0 atom stereocenters. The molecule has 0 aliphatic rings. The van der Waals surface area contributed by atoms with E-state index in [0.717, 1.165) is 4.57 Å². The lowest BCUT2D eigenvalue weighted by molar-refractivity contribution is -0.384. The van der Waals surface area contributed by atoms with Crippen molar-refractivity contribution in [2.45, 2.75) is 6.92 Å². The molecule has 1 N–H and O–H groups in total. The second-order valence-corrected chi connectivity index (χ2v) is 4.89. The molecule has 0 saturated carbocycles. The number of hydrogen-bond acceptors (Lipinski definition) is 6. The van der Waals surface area contributed by atoms with Gasteiger partial charge < -0.3 is 14.3 Å². The van der Waals surface area contributed by atoms with Crippen LogP contribution in [-0.2, 0) is 0 Å². The summed E-state index contributed by atoms with van der Waals surface area (Å²) in [7, 11) is 1.26. The minimum absolute atomic E-state index is 0.162. The van der Waals surface area contributed by atoms with Gasteiger partial charge in [0.25, 0.3) is 5.69 Å². The highest BCUT2D eigenvalue weighted by atomic mass is 16.6. The molecule has 3 aromatic rings. The minimum Gasteiger partial charge on any atom is -0.504 e. The number of non-ortho nitro benzene ring substituents is 1. The van der Waals surface area contributed by atoms with Crippen molar-refractivity contribution in [1.29, 1.82) is 0 Å². The predicted octanol–water partition coefficient (Wildman–Crippen LogP) is 2.51. The predicted molar refractivity (Wildman–Crippen MR) is 81.4 cm³/mol. The van der Waals surface area contributed by atoms with Gasteiger partial charge >= 0.3 is 5.56 Å². The maximum absolute atomic E-state index is 12.6. The number of ether oxygens (including phenoxy) is 1. The lowest BCUT2D eigenvalue weighted by Crippen LogP contribution is -2.20. The van der Waals surface area contributed by atoms with Crippen molar-refractivity contribution >= 4 is 16.6 Å². The lowest BCUT2D eigenvalue weighted by atomic mass is 10.1. The highest BCUT2D eigenvalue weighted by molar-refractivity contribution is 5.93. The van der Waals surface area contributed by atoms with E-state index >= 15 is 0 Å². The molecule has 0 radical (unpaired) electrons. The second kappa shape index (κ2) is 5.16. The molecule has 1 aromatic carbocycles. The summed E-state index contributed by atoms with van der Waals surface area (Å²) < 4.78 is 11.4. The number of hydrogen-bond donors (Lipinski definition) is 1. The first-order valence-electron chi connectivity index (χ1n) is 6.60. The summed E-state index contributed by atoms with van der Waals surface area (Å²) in [4.78, 5) is 23.1. The highest BCUT2D eigenvalue weighted by Crippen LogP contribution is 2.36. The van der Waals surface area contributed by atoms with Crippen molar-refractivity contribution in [3.8, 4) is 17.4 Å². The van der Waals surface area contributed by atoms with Gasteiger partial charge in [0.15, 0.2) is 5.75 Å². The van der Waals surface area contributed by atoms with Gasteiger partial charge in [-0.25, -0.2) is 4.57 Å². The van der Waals surface area contributed by atoms with E-state index < -0.39 is 10.5 Å². The molecule has 118 valence electrons. The Morgan fingerprint density at radius 2 is 2.13 bits per heavy atom. The zero-order valence-electron chi connectivity index (χ0n) is 12.3. The molecule has 0 bridgehead atoms. The summed E-state index contributed by atoms with van der Waals surface area (Å²) >= 11 is 0. The molecule has 0 aliphatic heterocycles. The molecule has 8 heteroatoms. The number of benzene rings is 1. The van der Waals surface area contributed by atoms with E-state index in [4.69, 9.17) is 9.15 Å². The first-order valence-corrected chi connectivity index (χ1v) is 6.60. The number of aryl methyl sites for hydroxylation is 1. The Labute approximate surface area is 129 Å². The summed E-state index contributed by atoms with van der Waals surface area (Å²) in [5.41, 5.74) is -0.271. The Balaban J connectivity index is 2.58. The number of nitro groups is 1. The van der Waals surface area contributed by atoms with Crippen molar-refractivity contribution in [3.63, 3.8) is 0 Å². The zero-order chi connectivity index (χ0) is 16.7. The second-order valence-electron chi connectivity index (χ2n) is 4.89. The van der Waals surface area contributed by atoms with Crippen LogP contribution in [0, 0.1) is 17.0 Å². The van der Waals surface area contributed by atoms with Crippen LogP contribution in [0.3, 0.4) is 0 Å². The van der Waals surface area contributed by atoms with Crippen LogP contribution in [-0.4, -0.2) is 21.7 Å². The number of furan rings is 1. The third kappa shape index (κ3) is 2.11. The SMILES string of the molecule is COc1c(O)c2c(C)cc([N+](=O)[O-])cc2n(-c2ccco2)c1=O. The maximum Gasteiger partial charge on any atom is 0.304 e. The van der Waals surface area contributed by atoms with E-state index in [-0.39, 0.29) is 34.0 Å². The van der Waals surface area contributed by atoms with E-state index in [2.05, 4.69) is 0 Å².